The number of aromatic nitrogens is 1. The number of fused-ring (bicyclic) bond motifs is 1. The second kappa shape index (κ2) is 4.92. The molecule has 0 unspecified atom stereocenters. The molecule has 0 aliphatic carbocycles. The van der Waals surface area contributed by atoms with E-state index in [1.807, 2.05) is 48.9 Å². The minimum absolute atomic E-state index is 0.201. The van der Waals surface area contributed by atoms with E-state index in [9.17, 15) is 4.79 Å². The Morgan fingerprint density at radius 2 is 2.24 bits per heavy atom. The number of nitrogens with zero attached hydrogens (tertiary/aromatic N) is 1. The molecular weight excluding hydrogens is 282 g/mol. The van der Waals surface area contributed by atoms with Gasteiger partial charge in [-0.2, -0.15) is 0 Å². The van der Waals surface area contributed by atoms with E-state index in [-0.39, 0.29) is 12.0 Å². The third-order valence-electron chi connectivity index (χ3n) is 2.73. The van der Waals surface area contributed by atoms with Crippen LogP contribution in [-0.2, 0) is 9.53 Å². The molecule has 1 aromatic heterocycles. The summed E-state index contributed by atoms with van der Waals surface area (Å²) in [5.74, 6) is -0.201. The lowest BCUT2D eigenvalue weighted by Gasteiger charge is -2.13. The number of hydrogen-bond acceptors (Lipinski definition) is 2. The van der Waals surface area contributed by atoms with E-state index >= 15 is 0 Å². The Bertz CT molecular complexity index is 547. The summed E-state index contributed by atoms with van der Waals surface area (Å²) in [5.41, 5.74) is 1.04. The van der Waals surface area contributed by atoms with Crippen LogP contribution in [0.2, 0.25) is 0 Å². The molecule has 90 valence electrons. The molecule has 0 radical (unpaired) electrons. The molecule has 3 nitrogen and oxygen atoms in total. The molecule has 0 saturated heterocycles. The predicted octanol–water partition coefficient (Wildman–Crippen LogP) is 3.53. The first-order valence-electron chi connectivity index (χ1n) is 5.56. The van der Waals surface area contributed by atoms with Crippen molar-refractivity contribution < 1.29 is 9.53 Å². The molecule has 0 bridgehead atoms. The van der Waals surface area contributed by atoms with Crippen LogP contribution in [0.25, 0.3) is 10.9 Å². The van der Waals surface area contributed by atoms with Crippen molar-refractivity contribution in [3.63, 3.8) is 0 Å². The minimum Gasteiger partial charge on any atom is -0.464 e. The zero-order valence-corrected chi connectivity index (χ0v) is 11.4. The Balaban J connectivity index is 2.39. The largest absolute Gasteiger partial charge is 0.464 e. The van der Waals surface area contributed by atoms with Crippen molar-refractivity contribution in [2.75, 3.05) is 6.61 Å². The number of carbonyl (C=O) groups excluding carboxylic acids is 1. The first-order valence-corrected chi connectivity index (χ1v) is 6.35. The standard InChI is InChI=1S/C13H14BrNO2/c1-3-17-13(16)9(2)15-7-6-10-8-11(14)4-5-12(10)15/h4-9H,3H2,1-2H3/t9-/m1/s1. The predicted molar refractivity (Wildman–Crippen MR) is 71.0 cm³/mol. The highest BCUT2D eigenvalue weighted by Gasteiger charge is 2.17. The third-order valence-corrected chi connectivity index (χ3v) is 3.22. The average Bonchev–Trinajstić information content (AvgIpc) is 2.71. The summed E-state index contributed by atoms with van der Waals surface area (Å²) in [4.78, 5) is 11.7. The van der Waals surface area contributed by atoms with Gasteiger partial charge >= 0.3 is 5.97 Å². The summed E-state index contributed by atoms with van der Waals surface area (Å²) in [7, 11) is 0. The average molecular weight is 296 g/mol. The van der Waals surface area contributed by atoms with Gasteiger partial charge < -0.3 is 9.30 Å². The van der Waals surface area contributed by atoms with Gasteiger partial charge in [-0.1, -0.05) is 15.9 Å². The molecule has 0 spiro atoms. The third kappa shape index (κ3) is 2.36. The fourth-order valence-corrected chi connectivity index (χ4v) is 2.23. The number of ether oxygens (including phenoxy) is 1. The van der Waals surface area contributed by atoms with Gasteiger partial charge in [0, 0.05) is 21.6 Å². The van der Waals surface area contributed by atoms with E-state index in [2.05, 4.69) is 15.9 Å². The van der Waals surface area contributed by atoms with Gasteiger partial charge in [-0.3, -0.25) is 0 Å². The van der Waals surface area contributed by atoms with Crippen LogP contribution in [0.4, 0.5) is 0 Å². The molecule has 17 heavy (non-hydrogen) atoms. The molecular formula is C13H14BrNO2. The Kier molecular flexibility index (Phi) is 3.52. The molecule has 0 saturated carbocycles. The number of carbonyl (C=O) groups is 1. The van der Waals surface area contributed by atoms with Crippen LogP contribution in [0, 0.1) is 0 Å². The molecule has 1 aromatic carbocycles. The maximum absolute atomic E-state index is 11.7. The van der Waals surface area contributed by atoms with Gasteiger partial charge in [0.25, 0.3) is 0 Å². The van der Waals surface area contributed by atoms with Crippen LogP contribution >= 0.6 is 15.9 Å². The maximum Gasteiger partial charge on any atom is 0.328 e. The number of benzene rings is 1. The minimum atomic E-state index is -0.298. The van der Waals surface area contributed by atoms with Gasteiger partial charge in [0.2, 0.25) is 0 Å². The van der Waals surface area contributed by atoms with Crippen LogP contribution in [0.15, 0.2) is 34.9 Å². The topological polar surface area (TPSA) is 31.2 Å². The van der Waals surface area contributed by atoms with Crippen molar-refractivity contribution in [1.82, 2.24) is 4.57 Å². The number of halogens is 1. The Morgan fingerprint density at radius 3 is 2.94 bits per heavy atom. The summed E-state index contributed by atoms with van der Waals surface area (Å²) >= 11 is 3.43. The summed E-state index contributed by atoms with van der Waals surface area (Å²) in [5, 5.41) is 1.11. The number of rotatable bonds is 3. The first-order chi connectivity index (χ1) is 8.13. The molecule has 1 atom stereocenters. The van der Waals surface area contributed by atoms with Crippen LogP contribution < -0.4 is 0 Å². The van der Waals surface area contributed by atoms with Gasteiger partial charge in [-0.15, -0.1) is 0 Å². The van der Waals surface area contributed by atoms with E-state index < -0.39 is 0 Å². The molecule has 0 fully saturated rings. The number of hydrogen-bond donors (Lipinski definition) is 0. The molecule has 0 amide bonds. The summed E-state index contributed by atoms with van der Waals surface area (Å²) in [6, 6.07) is 7.69. The van der Waals surface area contributed by atoms with Crippen LogP contribution in [-0.4, -0.2) is 17.1 Å². The molecule has 0 aliphatic rings. The summed E-state index contributed by atoms with van der Waals surface area (Å²) in [6.45, 7) is 4.07. The molecule has 0 N–H and O–H groups in total. The zero-order valence-electron chi connectivity index (χ0n) is 9.81. The molecule has 4 heteroatoms. The van der Waals surface area contributed by atoms with Crippen molar-refractivity contribution in [3.05, 3.63) is 34.9 Å². The molecule has 2 rings (SSSR count). The van der Waals surface area contributed by atoms with Crippen LogP contribution in [0.3, 0.4) is 0 Å². The lowest BCUT2D eigenvalue weighted by molar-refractivity contribution is -0.146. The van der Waals surface area contributed by atoms with Gasteiger partial charge in [0.1, 0.15) is 6.04 Å². The number of esters is 1. The van der Waals surface area contributed by atoms with Crippen LogP contribution in [0.5, 0.6) is 0 Å². The lowest BCUT2D eigenvalue weighted by atomic mass is 10.2. The fourth-order valence-electron chi connectivity index (χ4n) is 1.85. The highest BCUT2D eigenvalue weighted by atomic mass is 79.9. The smallest absolute Gasteiger partial charge is 0.328 e. The molecule has 0 aliphatic heterocycles. The Labute approximate surface area is 108 Å². The van der Waals surface area contributed by atoms with Gasteiger partial charge in [-0.05, 0) is 38.1 Å². The summed E-state index contributed by atoms with van der Waals surface area (Å²) < 4.78 is 8.00. The SMILES string of the molecule is CCOC(=O)[C@@H](C)n1ccc2cc(Br)ccc21. The highest BCUT2D eigenvalue weighted by molar-refractivity contribution is 9.10. The van der Waals surface area contributed by atoms with Crippen molar-refractivity contribution >= 4 is 32.8 Å². The van der Waals surface area contributed by atoms with Gasteiger partial charge in [0.05, 0.1) is 6.61 Å². The van der Waals surface area contributed by atoms with E-state index in [1.165, 1.54) is 0 Å². The second-order valence-electron chi connectivity index (χ2n) is 3.85. The zero-order chi connectivity index (χ0) is 12.4. The van der Waals surface area contributed by atoms with E-state index in [0.717, 1.165) is 15.4 Å². The normalized spacial score (nSPS) is 12.6. The van der Waals surface area contributed by atoms with Gasteiger partial charge in [-0.25, -0.2) is 4.79 Å². The molecule has 2 aromatic rings. The monoisotopic (exact) mass is 295 g/mol. The second-order valence-corrected chi connectivity index (χ2v) is 4.77. The van der Waals surface area contributed by atoms with Crippen molar-refractivity contribution in [2.45, 2.75) is 19.9 Å². The Morgan fingerprint density at radius 1 is 1.47 bits per heavy atom. The van der Waals surface area contributed by atoms with Crippen LogP contribution in [0.1, 0.15) is 19.9 Å². The maximum atomic E-state index is 11.7. The van der Waals surface area contributed by atoms with Crippen molar-refractivity contribution in [2.24, 2.45) is 0 Å². The lowest BCUT2D eigenvalue weighted by Crippen LogP contribution is -2.18. The van der Waals surface area contributed by atoms with Crippen molar-refractivity contribution in [3.8, 4) is 0 Å². The quantitative estimate of drug-likeness (QED) is 0.811. The van der Waals surface area contributed by atoms with Gasteiger partial charge in [0.15, 0.2) is 0 Å². The van der Waals surface area contributed by atoms with E-state index in [1.54, 1.807) is 0 Å². The molecule has 1 heterocycles. The summed E-state index contributed by atoms with van der Waals surface area (Å²) in [6.07, 6.45) is 1.92. The fraction of sp³-hybridized carbons (Fsp3) is 0.308. The van der Waals surface area contributed by atoms with E-state index in [4.69, 9.17) is 4.74 Å². The van der Waals surface area contributed by atoms with Crippen molar-refractivity contribution in [1.29, 1.82) is 0 Å². The van der Waals surface area contributed by atoms with E-state index in [0.29, 0.717) is 6.61 Å². The highest BCUT2D eigenvalue weighted by Crippen LogP contribution is 2.24. The first kappa shape index (κ1) is 12.2. The Hall–Kier alpha value is -1.29.